The van der Waals surface area contributed by atoms with Gasteiger partial charge >= 0.3 is 58.2 Å². The van der Waals surface area contributed by atoms with Crippen LogP contribution in [0.25, 0.3) is 0 Å². The molecule has 0 spiro atoms. The molecule has 0 aromatic rings. The first-order valence-corrected chi connectivity index (χ1v) is 9.97. The van der Waals surface area contributed by atoms with Crippen LogP contribution in [0.1, 0.15) is 122 Å². The van der Waals surface area contributed by atoms with Crippen LogP contribution in [0.4, 0.5) is 0 Å². The summed E-state index contributed by atoms with van der Waals surface area (Å²) in [6.45, 7) is 2.27. The van der Waals surface area contributed by atoms with E-state index in [0.717, 1.165) is 12.8 Å². The summed E-state index contributed by atoms with van der Waals surface area (Å²) in [5.74, 6) is -0.902. The van der Waals surface area contributed by atoms with Crippen molar-refractivity contribution in [1.29, 1.82) is 0 Å². The van der Waals surface area contributed by atoms with E-state index in [1.165, 1.54) is 96.3 Å². The SMILES string of the molecule is CCCCCCCCCCCCCCCCCCCC(=O)[O-].[Rb+]. The minimum Gasteiger partial charge on any atom is -0.550 e. The Labute approximate surface area is 194 Å². The van der Waals surface area contributed by atoms with Gasteiger partial charge in [-0.15, -0.1) is 0 Å². The summed E-state index contributed by atoms with van der Waals surface area (Å²) in [6.07, 6.45) is 22.8. The zero-order chi connectivity index (χ0) is 16.3. The predicted molar refractivity (Wildman–Crippen MR) is 93.8 cm³/mol. The second-order valence-electron chi connectivity index (χ2n) is 6.78. The van der Waals surface area contributed by atoms with E-state index >= 15 is 0 Å². The van der Waals surface area contributed by atoms with E-state index in [1.807, 2.05) is 0 Å². The van der Waals surface area contributed by atoms with Crippen molar-refractivity contribution in [3.63, 3.8) is 0 Å². The summed E-state index contributed by atoms with van der Waals surface area (Å²) in [5, 5.41) is 10.2. The van der Waals surface area contributed by atoms with Gasteiger partial charge in [0.05, 0.1) is 0 Å². The molecule has 0 unspecified atom stereocenters. The maximum atomic E-state index is 10.2. The standard InChI is InChI=1S/C20H40O2.Rb/c1-2-3-4-5-6-7-8-9-10-11-12-13-14-15-16-17-18-19-20(21)22;/h2-19H2,1H3,(H,21,22);/q;+1/p-1. The van der Waals surface area contributed by atoms with Crippen LogP contribution in [0.5, 0.6) is 0 Å². The summed E-state index contributed by atoms with van der Waals surface area (Å²) in [7, 11) is 0. The van der Waals surface area contributed by atoms with Crippen LogP contribution >= 0.6 is 0 Å². The van der Waals surface area contributed by atoms with Gasteiger partial charge in [-0.05, 0) is 12.8 Å². The molecule has 0 rings (SSSR count). The number of carboxylic acid groups (broad SMARTS) is 1. The average Bonchev–Trinajstić information content (AvgIpc) is 2.50. The number of aliphatic carboxylic acids is 1. The van der Waals surface area contributed by atoms with Crippen LogP contribution in [0.15, 0.2) is 0 Å². The monoisotopic (exact) mass is 396 g/mol. The van der Waals surface area contributed by atoms with Crippen molar-refractivity contribution in [3.8, 4) is 0 Å². The van der Waals surface area contributed by atoms with Crippen molar-refractivity contribution in [1.82, 2.24) is 0 Å². The predicted octanol–water partition coefficient (Wildman–Crippen LogP) is 2.78. The molecule has 0 aliphatic rings. The molecular formula is C20H39O2Rb. The smallest absolute Gasteiger partial charge is 0.550 e. The normalized spacial score (nSPS) is 10.5. The van der Waals surface area contributed by atoms with E-state index < -0.39 is 5.97 Å². The number of carbonyl (C=O) groups is 1. The molecule has 3 heteroatoms. The molecule has 132 valence electrons. The van der Waals surface area contributed by atoms with Gasteiger partial charge in [-0.2, -0.15) is 0 Å². The molecule has 0 N–H and O–H groups in total. The Balaban J connectivity index is 0. The molecule has 0 aromatic carbocycles. The van der Waals surface area contributed by atoms with E-state index in [9.17, 15) is 9.90 Å². The van der Waals surface area contributed by atoms with Gasteiger partial charge in [0.1, 0.15) is 0 Å². The zero-order valence-corrected chi connectivity index (χ0v) is 21.0. The fourth-order valence-electron chi connectivity index (χ4n) is 2.99. The fraction of sp³-hybridized carbons (Fsp3) is 0.950. The Kier molecular flexibility index (Phi) is 26.8. The molecule has 0 aromatic heterocycles. The van der Waals surface area contributed by atoms with Gasteiger partial charge < -0.3 is 9.90 Å². The van der Waals surface area contributed by atoms with Gasteiger partial charge in [-0.3, -0.25) is 0 Å². The largest absolute Gasteiger partial charge is 1.00 e. The van der Waals surface area contributed by atoms with Crippen molar-refractivity contribution in [2.75, 3.05) is 0 Å². The molecule has 0 bridgehead atoms. The molecule has 0 heterocycles. The van der Waals surface area contributed by atoms with Crippen LogP contribution in [0.3, 0.4) is 0 Å². The van der Waals surface area contributed by atoms with Gasteiger partial charge in [0.25, 0.3) is 0 Å². The van der Waals surface area contributed by atoms with Crippen molar-refractivity contribution < 1.29 is 68.1 Å². The Bertz CT molecular complexity index is 232. The van der Waals surface area contributed by atoms with E-state index in [0.29, 0.717) is 0 Å². The van der Waals surface area contributed by atoms with Gasteiger partial charge in [-0.25, -0.2) is 0 Å². The first kappa shape index (κ1) is 26.5. The summed E-state index contributed by atoms with van der Waals surface area (Å²) >= 11 is 0. The third-order valence-electron chi connectivity index (χ3n) is 4.48. The molecular weight excluding hydrogens is 358 g/mol. The summed E-state index contributed by atoms with van der Waals surface area (Å²) in [5.41, 5.74) is 0. The van der Waals surface area contributed by atoms with E-state index in [-0.39, 0.29) is 64.6 Å². The van der Waals surface area contributed by atoms with Crippen molar-refractivity contribution in [2.24, 2.45) is 0 Å². The van der Waals surface area contributed by atoms with Crippen LogP contribution in [-0.2, 0) is 4.79 Å². The molecule has 0 aliphatic heterocycles. The fourth-order valence-corrected chi connectivity index (χ4v) is 2.99. The van der Waals surface area contributed by atoms with Crippen molar-refractivity contribution in [3.05, 3.63) is 0 Å². The number of hydrogen-bond donors (Lipinski definition) is 0. The topological polar surface area (TPSA) is 40.1 Å². The van der Waals surface area contributed by atoms with E-state index in [2.05, 4.69) is 6.92 Å². The van der Waals surface area contributed by atoms with Crippen LogP contribution in [0.2, 0.25) is 0 Å². The second kappa shape index (κ2) is 23.3. The molecule has 0 saturated heterocycles. The quantitative estimate of drug-likeness (QED) is 0.334. The maximum Gasteiger partial charge on any atom is 1.00 e. The summed E-state index contributed by atoms with van der Waals surface area (Å²) < 4.78 is 0. The van der Waals surface area contributed by atoms with Crippen molar-refractivity contribution in [2.45, 2.75) is 122 Å². The number of hydrogen-bond acceptors (Lipinski definition) is 2. The average molecular weight is 397 g/mol. The molecule has 23 heavy (non-hydrogen) atoms. The summed E-state index contributed by atoms with van der Waals surface area (Å²) in [4.78, 5) is 10.2. The van der Waals surface area contributed by atoms with Crippen molar-refractivity contribution >= 4 is 5.97 Å². The first-order valence-electron chi connectivity index (χ1n) is 9.97. The van der Waals surface area contributed by atoms with Crippen LogP contribution in [-0.4, -0.2) is 5.97 Å². The summed E-state index contributed by atoms with van der Waals surface area (Å²) in [6, 6.07) is 0. The Morgan fingerprint density at radius 3 is 1.09 bits per heavy atom. The van der Waals surface area contributed by atoms with E-state index in [1.54, 1.807) is 0 Å². The Hall–Kier alpha value is 1.28. The van der Waals surface area contributed by atoms with Gasteiger partial charge in [0.15, 0.2) is 0 Å². The van der Waals surface area contributed by atoms with E-state index in [4.69, 9.17) is 0 Å². The second-order valence-corrected chi connectivity index (χ2v) is 6.78. The van der Waals surface area contributed by atoms with Gasteiger partial charge in [0.2, 0.25) is 0 Å². The van der Waals surface area contributed by atoms with Crippen LogP contribution in [0, 0.1) is 0 Å². The number of unbranched alkanes of at least 4 members (excludes halogenated alkanes) is 16. The molecule has 0 amide bonds. The number of carbonyl (C=O) groups excluding carboxylic acids is 1. The Morgan fingerprint density at radius 1 is 0.565 bits per heavy atom. The molecule has 0 fully saturated rings. The first-order chi connectivity index (χ1) is 10.8. The third-order valence-corrected chi connectivity index (χ3v) is 4.48. The number of carboxylic acids is 1. The van der Waals surface area contributed by atoms with Gasteiger partial charge in [0, 0.05) is 5.97 Å². The maximum absolute atomic E-state index is 10.2. The molecule has 0 aliphatic carbocycles. The van der Waals surface area contributed by atoms with Crippen LogP contribution < -0.4 is 63.3 Å². The van der Waals surface area contributed by atoms with Gasteiger partial charge in [-0.1, -0.05) is 110 Å². The molecule has 2 nitrogen and oxygen atoms in total. The minimum absolute atomic E-state index is 0. The third kappa shape index (κ3) is 25.6. The Morgan fingerprint density at radius 2 is 0.826 bits per heavy atom. The molecule has 0 atom stereocenters. The molecule has 0 radical (unpaired) electrons. The minimum atomic E-state index is -0.902. The number of rotatable bonds is 18. The zero-order valence-electron chi connectivity index (χ0n) is 16.0. The molecule has 0 saturated carbocycles.